The van der Waals surface area contributed by atoms with Crippen molar-refractivity contribution in [1.82, 2.24) is 0 Å². The lowest BCUT2D eigenvalue weighted by molar-refractivity contribution is 0.378. The molecule has 0 radical (unpaired) electrons. The normalized spacial score (nSPS) is 19.7. The monoisotopic (exact) mass is 220 g/mol. The molecule has 1 N–H and O–H groups in total. The van der Waals surface area contributed by atoms with Gasteiger partial charge in [-0.2, -0.15) is 0 Å². The van der Waals surface area contributed by atoms with Crippen LogP contribution in [-0.2, 0) is 4.43 Å². The fourth-order valence-corrected chi connectivity index (χ4v) is 3.50. The predicted molar refractivity (Wildman–Crippen MR) is 64.1 cm³/mol. The number of hydrogen-bond donors (Lipinski definition) is 1. The van der Waals surface area contributed by atoms with Gasteiger partial charge in [-0.1, -0.05) is 23.4 Å². The van der Waals surface area contributed by atoms with E-state index in [0.717, 1.165) is 5.56 Å². The third-order valence-electron chi connectivity index (χ3n) is 3.16. The molecule has 0 aliphatic carbocycles. The molecule has 15 heavy (non-hydrogen) atoms. The van der Waals surface area contributed by atoms with Gasteiger partial charge in [0.1, 0.15) is 5.75 Å². The first kappa shape index (κ1) is 10.5. The molecule has 0 amide bonds. The Kier molecular flexibility index (Phi) is 2.44. The van der Waals surface area contributed by atoms with Crippen molar-refractivity contribution in [2.75, 3.05) is 6.61 Å². The molecular weight excluding hydrogens is 204 g/mol. The first-order valence-corrected chi connectivity index (χ1v) is 8.06. The summed E-state index contributed by atoms with van der Waals surface area (Å²) in [7, 11) is -1.64. The number of aromatic hydroxyl groups is 1. The number of hydrogen-bond acceptors (Lipinski definition) is 2. The summed E-state index contributed by atoms with van der Waals surface area (Å²) in [5.41, 5.74) is 2.10. The number of rotatable bonds is 1. The summed E-state index contributed by atoms with van der Waals surface area (Å²) in [6, 6.07) is 7.46. The van der Waals surface area contributed by atoms with Gasteiger partial charge in [0.25, 0.3) is 0 Å². The van der Waals surface area contributed by atoms with Crippen molar-refractivity contribution in [3.05, 3.63) is 35.0 Å². The molecule has 0 fully saturated rings. The number of phenols is 1. The van der Waals surface area contributed by atoms with E-state index in [9.17, 15) is 5.11 Å². The maximum atomic E-state index is 9.78. The lowest BCUT2D eigenvalue weighted by Crippen LogP contribution is -2.27. The second-order valence-electron chi connectivity index (χ2n) is 4.42. The van der Waals surface area contributed by atoms with E-state index < -0.39 is 8.32 Å². The van der Waals surface area contributed by atoms with E-state index in [4.69, 9.17) is 4.43 Å². The number of para-hydroxylation sites is 1. The summed E-state index contributed by atoms with van der Waals surface area (Å²) in [5.74, 6) is 0.349. The summed E-state index contributed by atoms with van der Waals surface area (Å²) in [4.78, 5) is 0. The van der Waals surface area contributed by atoms with E-state index in [1.165, 1.54) is 10.8 Å². The minimum Gasteiger partial charge on any atom is -0.507 e. The Hall–Kier alpha value is -1.06. The van der Waals surface area contributed by atoms with E-state index in [-0.39, 0.29) is 0 Å². The zero-order valence-corrected chi connectivity index (χ0v) is 10.4. The van der Waals surface area contributed by atoms with Gasteiger partial charge >= 0.3 is 0 Å². The SMILES string of the molecule is CC1=C(c2ccccc2O)CO[Si]1(C)C. The second-order valence-corrected chi connectivity index (χ2v) is 8.48. The number of phenolic OH excluding ortho intramolecular Hbond substituents is 1. The van der Waals surface area contributed by atoms with Crippen LogP contribution in [0.3, 0.4) is 0 Å². The highest BCUT2D eigenvalue weighted by Crippen LogP contribution is 2.36. The van der Waals surface area contributed by atoms with Crippen LogP contribution in [0.1, 0.15) is 12.5 Å². The molecule has 0 spiro atoms. The van der Waals surface area contributed by atoms with Crippen molar-refractivity contribution in [3.8, 4) is 5.75 Å². The highest BCUT2D eigenvalue weighted by Gasteiger charge is 2.34. The molecule has 1 aromatic rings. The lowest BCUT2D eigenvalue weighted by Gasteiger charge is -2.15. The molecule has 1 aromatic carbocycles. The van der Waals surface area contributed by atoms with Crippen LogP contribution in [0.15, 0.2) is 29.5 Å². The maximum Gasteiger partial charge on any atom is 0.214 e. The standard InChI is InChI=1S/C12H16O2Si/c1-9-11(8-14-15(9,2)3)10-6-4-5-7-12(10)13/h4-7,13H,8H2,1-3H3. The minimum atomic E-state index is -1.64. The van der Waals surface area contributed by atoms with E-state index in [1.54, 1.807) is 6.07 Å². The fourth-order valence-electron chi connectivity index (χ4n) is 1.84. The molecule has 3 heteroatoms. The predicted octanol–water partition coefficient (Wildman–Crippen LogP) is 2.94. The fraction of sp³-hybridized carbons (Fsp3) is 0.333. The zero-order chi connectivity index (χ0) is 11.1. The third-order valence-corrected chi connectivity index (χ3v) is 6.14. The molecule has 80 valence electrons. The molecule has 0 atom stereocenters. The summed E-state index contributed by atoms with van der Waals surface area (Å²) < 4.78 is 5.83. The Morgan fingerprint density at radius 1 is 1.27 bits per heavy atom. The summed E-state index contributed by atoms with van der Waals surface area (Å²) in [5, 5.41) is 11.1. The number of allylic oxidation sites excluding steroid dienone is 1. The van der Waals surface area contributed by atoms with Crippen molar-refractivity contribution in [2.45, 2.75) is 20.0 Å². The topological polar surface area (TPSA) is 29.5 Å². The zero-order valence-electron chi connectivity index (χ0n) is 9.37. The first-order valence-electron chi connectivity index (χ1n) is 5.15. The molecule has 1 aliphatic rings. The van der Waals surface area contributed by atoms with Gasteiger partial charge in [0.2, 0.25) is 8.32 Å². The van der Waals surface area contributed by atoms with Gasteiger partial charge in [0.15, 0.2) is 0 Å². The Balaban J connectivity index is 2.50. The van der Waals surface area contributed by atoms with Crippen LogP contribution in [0.2, 0.25) is 13.1 Å². The summed E-state index contributed by atoms with van der Waals surface area (Å²) in [6.07, 6.45) is 0. The van der Waals surface area contributed by atoms with Crippen LogP contribution in [-0.4, -0.2) is 20.0 Å². The molecule has 2 rings (SSSR count). The molecule has 2 nitrogen and oxygen atoms in total. The largest absolute Gasteiger partial charge is 0.507 e. The van der Waals surface area contributed by atoms with E-state index in [1.807, 2.05) is 18.2 Å². The number of benzene rings is 1. The van der Waals surface area contributed by atoms with Crippen molar-refractivity contribution >= 4 is 13.9 Å². The van der Waals surface area contributed by atoms with Gasteiger partial charge in [-0.05, 0) is 31.7 Å². The highest BCUT2D eigenvalue weighted by atomic mass is 28.4. The van der Waals surface area contributed by atoms with Gasteiger partial charge in [0.05, 0.1) is 6.61 Å². The molecule has 0 saturated heterocycles. The molecule has 0 saturated carbocycles. The van der Waals surface area contributed by atoms with Crippen molar-refractivity contribution in [3.63, 3.8) is 0 Å². The average Bonchev–Trinajstić information content (AvgIpc) is 2.44. The van der Waals surface area contributed by atoms with Gasteiger partial charge < -0.3 is 9.53 Å². The van der Waals surface area contributed by atoms with Crippen LogP contribution in [0, 0.1) is 0 Å². The van der Waals surface area contributed by atoms with E-state index in [2.05, 4.69) is 20.0 Å². The van der Waals surface area contributed by atoms with Gasteiger partial charge in [0, 0.05) is 5.56 Å². The van der Waals surface area contributed by atoms with Crippen molar-refractivity contribution in [2.24, 2.45) is 0 Å². The molecule has 0 aromatic heterocycles. The van der Waals surface area contributed by atoms with Crippen molar-refractivity contribution in [1.29, 1.82) is 0 Å². The molecule has 1 aliphatic heterocycles. The Morgan fingerprint density at radius 3 is 2.47 bits per heavy atom. The van der Waals surface area contributed by atoms with Crippen LogP contribution < -0.4 is 0 Å². The summed E-state index contributed by atoms with van der Waals surface area (Å²) >= 11 is 0. The molecule has 0 unspecified atom stereocenters. The van der Waals surface area contributed by atoms with Crippen LogP contribution in [0.4, 0.5) is 0 Å². The maximum absolute atomic E-state index is 9.78. The molecular formula is C12H16O2Si. The summed E-state index contributed by atoms with van der Waals surface area (Å²) in [6.45, 7) is 7.15. The molecule has 0 bridgehead atoms. The average molecular weight is 220 g/mol. The third kappa shape index (κ3) is 1.73. The van der Waals surface area contributed by atoms with E-state index in [0.29, 0.717) is 12.4 Å². The minimum absolute atomic E-state index is 0.349. The van der Waals surface area contributed by atoms with Gasteiger partial charge in [-0.15, -0.1) is 0 Å². The molecule has 1 heterocycles. The van der Waals surface area contributed by atoms with Crippen LogP contribution in [0.25, 0.3) is 5.57 Å². The van der Waals surface area contributed by atoms with Crippen LogP contribution in [0.5, 0.6) is 5.75 Å². The Bertz CT molecular complexity index is 421. The van der Waals surface area contributed by atoms with Gasteiger partial charge in [-0.25, -0.2) is 0 Å². The second kappa shape index (κ2) is 3.50. The van der Waals surface area contributed by atoms with Crippen LogP contribution >= 0.6 is 0 Å². The van der Waals surface area contributed by atoms with Gasteiger partial charge in [-0.3, -0.25) is 0 Å². The Morgan fingerprint density at radius 2 is 1.93 bits per heavy atom. The lowest BCUT2D eigenvalue weighted by atomic mass is 10.1. The first-order chi connectivity index (χ1) is 7.02. The van der Waals surface area contributed by atoms with Crippen molar-refractivity contribution < 1.29 is 9.53 Å². The highest BCUT2D eigenvalue weighted by molar-refractivity contribution is 6.80. The Labute approximate surface area is 91.3 Å². The van der Waals surface area contributed by atoms with E-state index >= 15 is 0 Å². The smallest absolute Gasteiger partial charge is 0.214 e. The quantitative estimate of drug-likeness (QED) is 0.737.